The number of hydrogen-bond acceptors (Lipinski definition) is 3. The van der Waals surface area contributed by atoms with Gasteiger partial charge in [0.25, 0.3) is 0 Å². The molecule has 1 aromatic carbocycles. The fraction of sp³-hybridized carbons (Fsp3) is 0.538. The van der Waals surface area contributed by atoms with Gasteiger partial charge in [-0.3, -0.25) is 0 Å². The highest BCUT2D eigenvalue weighted by molar-refractivity contribution is 9.10. The molecular formula is C13H21BrN2O2S. The lowest BCUT2D eigenvalue weighted by molar-refractivity contribution is 0.464. The number of halogens is 1. The summed E-state index contributed by atoms with van der Waals surface area (Å²) in [6.07, 6.45) is 0.638. The average Bonchev–Trinajstić information content (AvgIpc) is 2.34. The van der Waals surface area contributed by atoms with E-state index in [0.29, 0.717) is 13.0 Å². The lowest BCUT2D eigenvalue weighted by Crippen LogP contribution is -2.30. The van der Waals surface area contributed by atoms with E-state index in [1.807, 2.05) is 31.2 Å². The summed E-state index contributed by atoms with van der Waals surface area (Å²) in [6.45, 7) is 4.02. The van der Waals surface area contributed by atoms with Gasteiger partial charge >= 0.3 is 0 Å². The van der Waals surface area contributed by atoms with Crippen LogP contribution in [0, 0.1) is 0 Å². The van der Waals surface area contributed by atoms with Crippen LogP contribution in [0.25, 0.3) is 0 Å². The van der Waals surface area contributed by atoms with Crippen molar-refractivity contribution in [3.8, 4) is 0 Å². The van der Waals surface area contributed by atoms with Crippen molar-refractivity contribution in [2.24, 2.45) is 0 Å². The zero-order chi connectivity index (χ0) is 14.3. The van der Waals surface area contributed by atoms with E-state index in [1.165, 1.54) is 4.31 Å². The van der Waals surface area contributed by atoms with Gasteiger partial charge in [0.15, 0.2) is 0 Å². The van der Waals surface area contributed by atoms with Gasteiger partial charge in [0.05, 0.1) is 5.75 Å². The van der Waals surface area contributed by atoms with E-state index in [-0.39, 0.29) is 5.75 Å². The van der Waals surface area contributed by atoms with Gasteiger partial charge in [0.1, 0.15) is 0 Å². The van der Waals surface area contributed by atoms with Gasteiger partial charge in [-0.15, -0.1) is 0 Å². The Morgan fingerprint density at radius 2 is 2.11 bits per heavy atom. The minimum atomic E-state index is -3.17. The largest absolute Gasteiger partial charge is 0.317 e. The molecule has 0 aliphatic carbocycles. The number of rotatable bonds is 8. The van der Waals surface area contributed by atoms with Crippen LogP contribution in [0.15, 0.2) is 28.7 Å². The third kappa shape index (κ3) is 6.03. The van der Waals surface area contributed by atoms with E-state index in [4.69, 9.17) is 0 Å². The third-order valence-corrected chi connectivity index (χ3v) is 5.15. The van der Waals surface area contributed by atoms with Crippen molar-refractivity contribution in [1.82, 2.24) is 9.62 Å². The van der Waals surface area contributed by atoms with Crippen LogP contribution in [0.1, 0.15) is 18.9 Å². The van der Waals surface area contributed by atoms with Gasteiger partial charge in [-0.25, -0.2) is 12.7 Å². The maximum Gasteiger partial charge on any atom is 0.214 e. The van der Waals surface area contributed by atoms with Gasteiger partial charge in [0, 0.05) is 18.1 Å². The first-order valence-electron chi connectivity index (χ1n) is 6.35. The SMILES string of the molecule is CCNCCCS(=O)(=O)N(C)Cc1cccc(Br)c1. The second-order valence-corrected chi connectivity index (χ2v) is 7.52. The molecule has 0 fully saturated rings. The zero-order valence-electron chi connectivity index (χ0n) is 11.4. The number of sulfonamides is 1. The number of nitrogens with one attached hydrogen (secondary N) is 1. The van der Waals surface area contributed by atoms with Crippen LogP contribution in [-0.2, 0) is 16.6 Å². The first kappa shape index (κ1) is 16.6. The molecule has 4 nitrogen and oxygen atoms in total. The van der Waals surface area contributed by atoms with E-state index in [1.54, 1.807) is 7.05 Å². The summed E-state index contributed by atoms with van der Waals surface area (Å²) in [6, 6.07) is 7.69. The van der Waals surface area contributed by atoms with E-state index in [0.717, 1.165) is 23.1 Å². The van der Waals surface area contributed by atoms with E-state index >= 15 is 0 Å². The van der Waals surface area contributed by atoms with Crippen molar-refractivity contribution in [3.63, 3.8) is 0 Å². The number of nitrogens with zero attached hydrogens (tertiary/aromatic N) is 1. The smallest absolute Gasteiger partial charge is 0.214 e. The highest BCUT2D eigenvalue weighted by Crippen LogP contribution is 2.14. The predicted octanol–water partition coefficient (Wildman–Crippen LogP) is 2.21. The molecule has 108 valence electrons. The monoisotopic (exact) mass is 348 g/mol. The molecule has 1 N–H and O–H groups in total. The Kier molecular flexibility index (Phi) is 6.99. The quantitative estimate of drug-likeness (QED) is 0.732. The normalized spacial score (nSPS) is 12.0. The van der Waals surface area contributed by atoms with Gasteiger partial charge in [0.2, 0.25) is 10.0 Å². The molecule has 0 aliphatic heterocycles. The van der Waals surface area contributed by atoms with E-state index < -0.39 is 10.0 Å². The average molecular weight is 349 g/mol. The maximum absolute atomic E-state index is 12.1. The molecule has 6 heteroatoms. The molecule has 0 heterocycles. The van der Waals surface area contributed by atoms with Crippen LogP contribution in [0.5, 0.6) is 0 Å². The van der Waals surface area contributed by atoms with Crippen LogP contribution in [0.2, 0.25) is 0 Å². The molecule has 0 amide bonds. The number of benzene rings is 1. The molecule has 1 rings (SSSR count). The van der Waals surface area contributed by atoms with Crippen molar-refractivity contribution in [2.45, 2.75) is 19.9 Å². The zero-order valence-corrected chi connectivity index (χ0v) is 13.8. The molecule has 0 saturated carbocycles. The number of hydrogen-bond donors (Lipinski definition) is 1. The Balaban J connectivity index is 2.53. The Hall–Kier alpha value is -0.430. The lowest BCUT2D eigenvalue weighted by atomic mass is 10.2. The third-order valence-electron chi connectivity index (χ3n) is 2.77. The molecule has 0 unspecified atom stereocenters. The van der Waals surface area contributed by atoms with E-state index in [9.17, 15) is 8.42 Å². The van der Waals surface area contributed by atoms with Crippen molar-refractivity contribution in [2.75, 3.05) is 25.9 Å². The summed E-state index contributed by atoms with van der Waals surface area (Å²) in [5.74, 6) is 0.185. The van der Waals surface area contributed by atoms with Gasteiger partial charge < -0.3 is 5.32 Å². The van der Waals surface area contributed by atoms with Crippen LogP contribution in [-0.4, -0.2) is 38.6 Å². The summed E-state index contributed by atoms with van der Waals surface area (Å²) < 4.78 is 26.5. The summed E-state index contributed by atoms with van der Waals surface area (Å²) >= 11 is 3.39. The molecule has 0 atom stereocenters. The second kappa shape index (κ2) is 7.99. The highest BCUT2D eigenvalue weighted by Gasteiger charge is 2.17. The van der Waals surface area contributed by atoms with Crippen LogP contribution < -0.4 is 5.32 Å². The summed E-state index contributed by atoms with van der Waals surface area (Å²) in [4.78, 5) is 0. The maximum atomic E-state index is 12.1. The topological polar surface area (TPSA) is 49.4 Å². The van der Waals surface area contributed by atoms with Gasteiger partial charge in [-0.05, 0) is 37.2 Å². The molecule has 0 bridgehead atoms. The van der Waals surface area contributed by atoms with Crippen molar-refractivity contribution in [3.05, 3.63) is 34.3 Å². The summed E-state index contributed by atoms with van der Waals surface area (Å²) in [7, 11) is -1.55. The summed E-state index contributed by atoms with van der Waals surface area (Å²) in [5.41, 5.74) is 0.979. The molecule has 0 spiro atoms. The molecular weight excluding hydrogens is 328 g/mol. The Morgan fingerprint density at radius 1 is 1.37 bits per heavy atom. The Bertz CT molecular complexity index is 491. The molecule has 0 aromatic heterocycles. The first-order chi connectivity index (χ1) is 8.95. The molecule has 19 heavy (non-hydrogen) atoms. The highest BCUT2D eigenvalue weighted by atomic mass is 79.9. The fourth-order valence-electron chi connectivity index (χ4n) is 1.70. The van der Waals surface area contributed by atoms with Crippen LogP contribution in [0.4, 0.5) is 0 Å². The van der Waals surface area contributed by atoms with Crippen molar-refractivity contribution >= 4 is 26.0 Å². The standard InChI is InChI=1S/C13H21BrN2O2S/c1-3-15-8-5-9-19(17,18)16(2)11-12-6-4-7-13(14)10-12/h4,6-7,10,15H,3,5,8-9,11H2,1-2H3. The minimum absolute atomic E-state index is 0.185. The predicted molar refractivity (Wildman–Crippen MR) is 82.6 cm³/mol. The van der Waals surface area contributed by atoms with Crippen LogP contribution in [0.3, 0.4) is 0 Å². The van der Waals surface area contributed by atoms with Crippen LogP contribution >= 0.6 is 15.9 Å². The first-order valence-corrected chi connectivity index (χ1v) is 8.75. The molecule has 0 saturated heterocycles. The van der Waals surface area contributed by atoms with Gasteiger partial charge in [-0.1, -0.05) is 35.0 Å². The molecule has 1 aromatic rings. The summed E-state index contributed by atoms with van der Waals surface area (Å²) in [5, 5.41) is 3.13. The molecule has 0 radical (unpaired) electrons. The van der Waals surface area contributed by atoms with E-state index in [2.05, 4.69) is 21.2 Å². The van der Waals surface area contributed by atoms with Gasteiger partial charge in [-0.2, -0.15) is 0 Å². The van der Waals surface area contributed by atoms with Crippen molar-refractivity contribution in [1.29, 1.82) is 0 Å². The minimum Gasteiger partial charge on any atom is -0.317 e. The Labute approximate surface area is 124 Å². The lowest BCUT2D eigenvalue weighted by Gasteiger charge is -2.17. The second-order valence-electron chi connectivity index (χ2n) is 4.41. The fourth-order valence-corrected chi connectivity index (χ4v) is 3.32. The Morgan fingerprint density at radius 3 is 2.74 bits per heavy atom. The molecule has 0 aliphatic rings. The van der Waals surface area contributed by atoms with Crippen molar-refractivity contribution < 1.29 is 8.42 Å².